The van der Waals surface area contributed by atoms with Crippen LogP contribution in [0.1, 0.15) is 76.7 Å². The lowest BCUT2D eigenvalue weighted by Gasteiger charge is -2.61. The SMILES string of the molecule is CN1CC[C@]23c4c5ccc(OC(=O)OC(C)(C)C)c4O[C@H]2C(OC(=O)C(OC(=O)C[C@@H]2OC(C)(C)OC2=O)c2ccccc2)=CC[C@@]3(O)[C@H]1C5. The molecule has 7 rings (SSSR count). The number of rotatable bonds is 7. The van der Waals surface area contributed by atoms with Crippen molar-refractivity contribution in [2.75, 3.05) is 13.6 Å². The molecule has 13 nitrogen and oxygen atoms in total. The van der Waals surface area contributed by atoms with E-state index in [9.17, 15) is 24.3 Å². The number of aliphatic hydroxyl groups is 1. The van der Waals surface area contributed by atoms with E-state index >= 15 is 0 Å². The molecular formula is C37H41NO12. The fourth-order valence-electron chi connectivity index (χ4n) is 8.10. The molecule has 2 aromatic carbocycles. The first kappa shape index (κ1) is 34.0. The normalized spacial score (nSPS) is 29.5. The number of cyclic esters (lactones) is 1. The number of piperidine rings is 1. The second kappa shape index (κ2) is 11.8. The fraction of sp³-hybridized carbons (Fsp3) is 0.514. The Bertz CT molecular complexity index is 1780. The average Bonchev–Trinajstić information content (AvgIpc) is 3.51. The van der Waals surface area contributed by atoms with Crippen LogP contribution in [0.4, 0.5) is 4.79 Å². The van der Waals surface area contributed by atoms with Gasteiger partial charge in [-0.2, -0.15) is 0 Å². The molecular weight excluding hydrogens is 650 g/mol. The van der Waals surface area contributed by atoms with Gasteiger partial charge in [0.1, 0.15) is 11.4 Å². The number of hydrogen-bond donors (Lipinski definition) is 1. The summed E-state index contributed by atoms with van der Waals surface area (Å²) in [7, 11) is 1.97. The lowest BCUT2D eigenvalue weighted by atomic mass is 9.50. The molecule has 0 amide bonds. The molecule has 0 radical (unpaired) electrons. The zero-order valence-electron chi connectivity index (χ0n) is 28.8. The quantitative estimate of drug-likeness (QED) is 0.251. The summed E-state index contributed by atoms with van der Waals surface area (Å²) in [5, 5.41) is 12.6. The van der Waals surface area contributed by atoms with Gasteiger partial charge in [-0.15, -0.1) is 0 Å². The highest BCUT2D eigenvalue weighted by Gasteiger charge is 2.72. The minimum absolute atomic E-state index is 0.124. The topological polar surface area (TPSA) is 156 Å². The van der Waals surface area contributed by atoms with Crippen LogP contribution < -0.4 is 9.47 Å². The maximum absolute atomic E-state index is 14.0. The van der Waals surface area contributed by atoms with Crippen molar-refractivity contribution in [1.29, 1.82) is 0 Å². The summed E-state index contributed by atoms with van der Waals surface area (Å²) in [6.45, 7) is 8.91. The van der Waals surface area contributed by atoms with Gasteiger partial charge in [0.2, 0.25) is 11.9 Å². The van der Waals surface area contributed by atoms with E-state index in [1.807, 2.05) is 13.1 Å². The van der Waals surface area contributed by atoms with Gasteiger partial charge in [0.25, 0.3) is 0 Å². The van der Waals surface area contributed by atoms with Crippen LogP contribution in [0.5, 0.6) is 11.5 Å². The van der Waals surface area contributed by atoms with Crippen molar-refractivity contribution in [3.05, 3.63) is 71.0 Å². The number of carbonyl (C=O) groups is 4. The average molecular weight is 692 g/mol. The van der Waals surface area contributed by atoms with E-state index in [0.29, 0.717) is 24.9 Å². The smallest absolute Gasteiger partial charge is 0.477 e. The zero-order chi connectivity index (χ0) is 35.8. The first-order chi connectivity index (χ1) is 23.5. The van der Waals surface area contributed by atoms with Crippen LogP contribution in [0.2, 0.25) is 0 Å². The minimum atomic E-state index is -1.50. The lowest BCUT2D eigenvalue weighted by Crippen LogP contribution is -2.74. The third-order valence-corrected chi connectivity index (χ3v) is 10.1. The van der Waals surface area contributed by atoms with Gasteiger partial charge in [0.05, 0.1) is 17.4 Å². The second-order valence-electron chi connectivity index (χ2n) is 15.0. The first-order valence-electron chi connectivity index (χ1n) is 16.7. The predicted molar refractivity (Wildman–Crippen MR) is 173 cm³/mol. The summed E-state index contributed by atoms with van der Waals surface area (Å²) in [6.07, 6.45) is -2.28. The van der Waals surface area contributed by atoms with Gasteiger partial charge in [-0.25, -0.2) is 14.4 Å². The number of carbonyl (C=O) groups excluding carboxylic acids is 4. The van der Waals surface area contributed by atoms with Crippen molar-refractivity contribution in [3.63, 3.8) is 0 Å². The van der Waals surface area contributed by atoms with Crippen molar-refractivity contribution in [3.8, 4) is 11.5 Å². The van der Waals surface area contributed by atoms with Crippen LogP contribution in [0.3, 0.4) is 0 Å². The van der Waals surface area contributed by atoms with Crippen molar-refractivity contribution in [2.24, 2.45) is 0 Å². The highest BCUT2D eigenvalue weighted by molar-refractivity contribution is 5.86. The van der Waals surface area contributed by atoms with Gasteiger partial charge < -0.3 is 43.2 Å². The summed E-state index contributed by atoms with van der Waals surface area (Å²) in [5.74, 6) is -3.14. The molecule has 2 saturated heterocycles. The molecule has 6 atom stereocenters. The summed E-state index contributed by atoms with van der Waals surface area (Å²) < 4.78 is 40.1. The zero-order valence-corrected chi connectivity index (χ0v) is 28.8. The largest absolute Gasteiger partial charge is 0.514 e. The number of benzene rings is 2. The van der Waals surface area contributed by atoms with Crippen LogP contribution >= 0.6 is 0 Å². The summed E-state index contributed by atoms with van der Waals surface area (Å²) >= 11 is 0. The van der Waals surface area contributed by atoms with Crippen molar-refractivity contribution < 1.29 is 57.4 Å². The molecule has 5 aliphatic rings. The molecule has 0 aromatic heterocycles. The summed E-state index contributed by atoms with van der Waals surface area (Å²) in [5.41, 5.74) is -1.16. The molecule has 2 aliphatic carbocycles. The summed E-state index contributed by atoms with van der Waals surface area (Å²) in [6, 6.07) is 11.6. The number of hydrogen-bond acceptors (Lipinski definition) is 13. The predicted octanol–water partition coefficient (Wildman–Crippen LogP) is 4.17. The van der Waals surface area contributed by atoms with Gasteiger partial charge in [-0.05, 0) is 64.9 Å². The van der Waals surface area contributed by atoms with Crippen LogP contribution in [-0.4, -0.2) is 82.9 Å². The highest BCUT2D eigenvalue weighted by atomic mass is 16.8. The number of likely N-dealkylation sites (tertiary alicyclic amines) is 1. The molecule has 0 saturated carbocycles. The Morgan fingerprint density at radius 3 is 2.50 bits per heavy atom. The van der Waals surface area contributed by atoms with Gasteiger partial charge in [0.15, 0.2) is 23.7 Å². The van der Waals surface area contributed by atoms with Crippen molar-refractivity contribution in [2.45, 2.75) is 107 Å². The van der Waals surface area contributed by atoms with Crippen molar-refractivity contribution >= 4 is 24.1 Å². The van der Waals surface area contributed by atoms with Crippen LogP contribution in [0.25, 0.3) is 0 Å². The molecule has 3 heterocycles. The molecule has 2 fully saturated rings. The second-order valence-corrected chi connectivity index (χ2v) is 15.0. The van der Waals surface area contributed by atoms with E-state index in [2.05, 4.69) is 4.90 Å². The maximum atomic E-state index is 14.0. The Morgan fingerprint density at radius 1 is 1.08 bits per heavy atom. The Balaban J connectivity index is 1.20. The van der Waals surface area contributed by atoms with E-state index in [1.165, 1.54) is 0 Å². The van der Waals surface area contributed by atoms with Gasteiger partial charge >= 0.3 is 24.1 Å². The van der Waals surface area contributed by atoms with Gasteiger partial charge in [0, 0.05) is 37.4 Å². The first-order valence-corrected chi connectivity index (χ1v) is 16.7. The molecule has 13 heteroatoms. The van der Waals surface area contributed by atoms with E-state index in [4.69, 9.17) is 33.2 Å². The molecule has 1 spiro atoms. The van der Waals surface area contributed by atoms with Crippen LogP contribution in [-0.2, 0) is 49.9 Å². The highest BCUT2D eigenvalue weighted by Crippen LogP contribution is 2.65. The Kier molecular flexibility index (Phi) is 8.04. The third kappa shape index (κ3) is 5.61. The Labute approximate surface area is 289 Å². The van der Waals surface area contributed by atoms with Crippen LogP contribution in [0.15, 0.2) is 54.3 Å². The Hall–Kier alpha value is -4.46. The van der Waals surface area contributed by atoms with Crippen LogP contribution in [0, 0.1) is 0 Å². The van der Waals surface area contributed by atoms with Gasteiger partial charge in [-0.1, -0.05) is 36.4 Å². The number of likely N-dealkylation sites (N-methyl/N-ethyl adjacent to an activating group) is 1. The van der Waals surface area contributed by atoms with E-state index in [0.717, 1.165) is 11.1 Å². The molecule has 1 N–H and O–H groups in total. The number of ether oxygens (including phenoxy) is 7. The number of esters is 3. The van der Waals surface area contributed by atoms with E-state index < -0.39 is 71.2 Å². The standard InChI is InChI=1S/C37H41NO12/c1-34(2,3)50-33(42)45-22-13-12-21-18-25-37(43)15-14-23(30-36(37,16-17-38(25)6)27(21)29(22)47-30)44-32(41)28(20-10-8-7-9-11-20)46-26(39)19-24-31(40)49-35(4,5)48-24/h7-14,24-25,28,30,43H,15-19H2,1-6H3/t24-,25+,28?,30-,36-,37+/m0/s1. The third-order valence-electron chi connectivity index (χ3n) is 10.1. The van der Waals surface area contributed by atoms with Gasteiger partial charge in [-0.3, -0.25) is 4.79 Å². The maximum Gasteiger partial charge on any atom is 0.514 e. The molecule has 266 valence electrons. The molecule has 1 unspecified atom stereocenters. The molecule has 3 aliphatic heterocycles. The lowest BCUT2D eigenvalue weighted by molar-refractivity contribution is -0.178. The fourth-order valence-corrected chi connectivity index (χ4v) is 8.10. The number of nitrogens with zero attached hydrogens (tertiary/aromatic N) is 1. The molecule has 2 aromatic rings. The van der Waals surface area contributed by atoms with Crippen molar-refractivity contribution in [1.82, 2.24) is 4.90 Å². The van der Waals surface area contributed by atoms with E-state index in [1.54, 1.807) is 77.1 Å². The minimum Gasteiger partial charge on any atom is -0.477 e. The molecule has 2 bridgehead atoms. The summed E-state index contributed by atoms with van der Waals surface area (Å²) in [4.78, 5) is 54.4. The van der Waals surface area contributed by atoms with E-state index in [-0.39, 0.29) is 29.7 Å². The monoisotopic (exact) mass is 691 g/mol. The Morgan fingerprint density at radius 2 is 1.82 bits per heavy atom. The molecule has 50 heavy (non-hydrogen) atoms.